The van der Waals surface area contributed by atoms with Gasteiger partial charge in [-0.15, -0.1) is 11.3 Å². The van der Waals surface area contributed by atoms with Crippen LogP contribution < -0.4 is 0 Å². The number of aromatic nitrogens is 1. The third kappa shape index (κ3) is 1.59. The summed E-state index contributed by atoms with van der Waals surface area (Å²) in [5, 5.41) is 0. The molecule has 0 saturated heterocycles. The van der Waals surface area contributed by atoms with Gasteiger partial charge in [0.1, 0.15) is 5.78 Å². The summed E-state index contributed by atoms with van der Waals surface area (Å²) in [5.74, 6) is 0.133. The Hall–Kier alpha value is -0.220. The van der Waals surface area contributed by atoms with E-state index in [1.807, 2.05) is 13.8 Å². The van der Waals surface area contributed by atoms with Crippen molar-refractivity contribution in [1.82, 2.24) is 4.98 Å². The van der Waals surface area contributed by atoms with Crippen LogP contribution in [-0.4, -0.2) is 10.8 Å². The molecule has 0 aromatic carbocycles. The summed E-state index contributed by atoms with van der Waals surface area (Å²) in [6, 6.07) is 0. The van der Waals surface area contributed by atoms with Gasteiger partial charge in [0.15, 0.2) is 0 Å². The zero-order chi connectivity index (χ0) is 9.35. The third-order valence-electron chi connectivity index (χ3n) is 2.00. The summed E-state index contributed by atoms with van der Waals surface area (Å²) >= 11 is 4.88. The second-order valence-electron chi connectivity index (χ2n) is 3.16. The van der Waals surface area contributed by atoms with Crippen molar-refractivity contribution in [3.8, 4) is 0 Å². The molecule has 0 spiro atoms. The van der Waals surface area contributed by atoms with E-state index in [1.165, 1.54) is 11.3 Å². The predicted octanol–water partition coefficient (Wildman–Crippen LogP) is 2.77. The second-order valence-corrected chi connectivity index (χ2v) is 5.33. The molecular formula is C8H10BrNOS. The van der Waals surface area contributed by atoms with Gasteiger partial charge in [0.2, 0.25) is 0 Å². The quantitative estimate of drug-likeness (QED) is 0.805. The lowest BCUT2D eigenvalue weighted by molar-refractivity contribution is -0.121. The summed E-state index contributed by atoms with van der Waals surface area (Å²) in [4.78, 5) is 15.4. The minimum Gasteiger partial charge on any atom is -0.299 e. The lowest BCUT2D eigenvalue weighted by Crippen LogP contribution is -2.27. The first-order valence-corrected chi connectivity index (χ1v) is 5.24. The molecule has 1 heterocycles. The molecule has 0 aliphatic carbocycles. The fourth-order valence-electron chi connectivity index (χ4n) is 0.806. The van der Waals surface area contributed by atoms with E-state index >= 15 is 0 Å². The zero-order valence-corrected chi connectivity index (χ0v) is 9.62. The molecule has 0 bridgehead atoms. The Bertz CT molecular complexity index is 306. The van der Waals surface area contributed by atoms with E-state index in [1.54, 1.807) is 12.4 Å². The molecular weight excluding hydrogens is 238 g/mol. The number of thiazole rings is 1. The first kappa shape index (κ1) is 9.86. The van der Waals surface area contributed by atoms with Crippen LogP contribution in [0.25, 0.3) is 0 Å². The SMILES string of the molecule is CC(=O)C(C)(C)c1ncsc1Br. The highest BCUT2D eigenvalue weighted by Gasteiger charge is 2.30. The van der Waals surface area contributed by atoms with E-state index in [-0.39, 0.29) is 5.78 Å². The molecule has 1 rings (SSSR count). The molecule has 1 aromatic rings. The number of halogens is 1. The molecule has 0 saturated carbocycles. The van der Waals surface area contributed by atoms with Crippen LogP contribution >= 0.6 is 27.3 Å². The summed E-state index contributed by atoms with van der Waals surface area (Å²) in [5.41, 5.74) is 2.10. The number of rotatable bonds is 2. The van der Waals surface area contributed by atoms with Crippen LogP contribution in [0.5, 0.6) is 0 Å². The van der Waals surface area contributed by atoms with E-state index in [9.17, 15) is 4.79 Å². The zero-order valence-electron chi connectivity index (χ0n) is 7.22. The molecule has 2 nitrogen and oxygen atoms in total. The van der Waals surface area contributed by atoms with Gasteiger partial charge in [-0.2, -0.15) is 0 Å². The largest absolute Gasteiger partial charge is 0.299 e. The first-order chi connectivity index (χ1) is 5.46. The minimum absolute atomic E-state index is 0.133. The molecule has 0 radical (unpaired) electrons. The van der Waals surface area contributed by atoms with Gasteiger partial charge in [-0.3, -0.25) is 4.79 Å². The number of Topliss-reactive ketones (excluding diaryl/α,β-unsaturated/α-hetero) is 1. The average Bonchev–Trinajstić information content (AvgIpc) is 2.35. The first-order valence-electron chi connectivity index (χ1n) is 3.56. The Morgan fingerprint density at radius 2 is 2.25 bits per heavy atom. The van der Waals surface area contributed by atoms with Gasteiger partial charge in [-0.25, -0.2) is 4.98 Å². The maximum absolute atomic E-state index is 11.3. The Morgan fingerprint density at radius 3 is 2.58 bits per heavy atom. The van der Waals surface area contributed by atoms with Gasteiger partial charge in [0.05, 0.1) is 20.4 Å². The molecule has 66 valence electrons. The number of carbonyl (C=O) groups excluding carboxylic acids is 1. The summed E-state index contributed by atoms with van der Waals surface area (Å²) in [7, 11) is 0. The number of hydrogen-bond acceptors (Lipinski definition) is 3. The molecule has 0 amide bonds. The summed E-state index contributed by atoms with van der Waals surface area (Å²) in [6.45, 7) is 5.36. The molecule has 0 atom stereocenters. The van der Waals surface area contributed by atoms with E-state index in [4.69, 9.17) is 0 Å². The van der Waals surface area contributed by atoms with Crippen LogP contribution in [0.3, 0.4) is 0 Å². The van der Waals surface area contributed by atoms with Crippen molar-refractivity contribution in [2.24, 2.45) is 0 Å². The number of carbonyl (C=O) groups is 1. The molecule has 4 heteroatoms. The van der Waals surface area contributed by atoms with Gasteiger partial charge >= 0.3 is 0 Å². The number of ketones is 1. The smallest absolute Gasteiger partial charge is 0.141 e. The monoisotopic (exact) mass is 247 g/mol. The van der Waals surface area contributed by atoms with Gasteiger partial charge in [-0.05, 0) is 36.7 Å². The predicted molar refractivity (Wildman–Crippen MR) is 53.5 cm³/mol. The van der Waals surface area contributed by atoms with Crippen molar-refractivity contribution >= 4 is 33.0 Å². The Morgan fingerprint density at radius 1 is 1.67 bits per heavy atom. The van der Waals surface area contributed by atoms with Crippen molar-refractivity contribution < 1.29 is 4.79 Å². The highest BCUT2D eigenvalue weighted by atomic mass is 79.9. The van der Waals surface area contributed by atoms with Crippen molar-refractivity contribution in [3.05, 3.63) is 15.0 Å². The van der Waals surface area contributed by atoms with Gasteiger partial charge in [0.25, 0.3) is 0 Å². The minimum atomic E-state index is -0.473. The molecule has 0 aliphatic heterocycles. The third-order valence-corrected chi connectivity index (χ3v) is 3.54. The second kappa shape index (κ2) is 3.26. The molecule has 12 heavy (non-hydrogen) atoms. The molecule has 0 N–H and O–H groups in total. The standard InChI is InChI=1S/C8H10BrNOS/c1-5(11)8(2,3)6-7(9)12-4-10-6/h4H,1-3H3. The summed E-state index contributed by atoms with van der Waals surface area (Å²) in [6.07, 6.45) is 0. The van der Waals surface area contributed by atoms with Gasteiger partial charge in [-0.1, -0.05) is 0 Å². The topological polar surface area (TPSA) is 30.0 Å². The molecule has 0 fully saturated rings. The van der Waals surface area contributed by atoms with E-state index in [2.05, 4.69) is 20.9 Å². The Balaban J connectivity index is 3.13. The molecule has 0 unspecified atom stereocenters. The van der Waals surface area contributed by atoms with Crippen molar-refractivity contribution in [2.45, 2.75) is 26.2 Å². The highest BCUT2D eigenvalue weighted by Crippen LogP contribution is 2.32. The maximum Gasteiger partial charge on any atom is 0.141 e. The van der Waals surface area contributed by atoms with Crippen LogP contribution in [0.4, 0.5) is 0 Å². The van der Waals surface area contributed by atoms with E-state index in [0.29, 0.717) is 0 Å². The number of nitrogens with zero attached hydrogens (tertiary/aromatic N) is 1. The highest BCUT2D eigenvalue weighted by molar-refractivity contribution is 9.11. The van der Waals surface area contributed by atoms with Crippen molar-refractivity contribution in [2.75, 3.05) is 0 Å². The van der Waals surface area contributed by atoms with Gasteiger partial charge in [0, 0.05) is 0 Å². The lowest BCUT2D eigenvalue weighted by Gasteiger charge is -2.18. The number of hydrogen-bond donors (Lipinski definition) is 0. The fraction of sp³-hybridized carbons (Fsp3) is 0.500. The fourth-order valence-corrected chi connectivity index (χ4v) is 2.32. The van der Waals surface area contributed by atoms with Crippen molar-refractivity contribution in [3.63, 3.8) is 0 Å². The Kier molecular flexibility index (Phi) is 2.68. The van der Waals surface area contributed by atoms with Crippen LogP contribution in [0.15, 0.2) is 9.30 Å². The average molecular weight is 248 g/mol. The molecule has 0 aliphatic rings. The van der Waals surface area contributed by atoms with E-state index in [0.717, 1.165) is 9.48 Å². The Labute approximate surface area is 84.1 Å². The van der Waals surface area contributed by atoms with Crippen LogP contribution in [0.1, 0.15) is 26.5 Å². The normalized spacial score (nSPS) is 11.7. The van der Waals surface area contributed by atoms with Crippen LogP contribution in [0.2, 0.25) is 0 Å². The summed E-state index contributed by atoms with van der Waals surface area (Å²) < 4.78 is 0.947. The molecule has 1 aromatic heterocycles. The van der Waals surface area contributed by atoms with E-state index < -0.39 is 5.41 Å². The lowest BCUT2D eigenvalue weighted by atomic mass is 9.86. The van der Waals surface area contributed by atoms with Crippen LogP contribution in [0, 0.1) is 0 Å². The van der Waals surface area contributed by atoms with Gasteiger partial charge < -0.3 is 0 Å². The van der Waals surface area contributed by atoms with Crippen molar-refractivity contribution in [1.29, 1.82) is 0 Å². The maximum atomic E-state index is 11.3. The van der Waals surface area contributed by atoms with Crippen LogP contribution in [-0.2, 0) is 10.2 Å².